The highest BCUT2D eigenvalue weighted by atomic mass is 33.1. The van der Waals surface area contributed by atoms with Gasteiger partial charge < -0.3 is 9.84 Å². The molecule has 3 nitrogen and oxygen atoms in total. The van der Waals surface area contributed by atoms with Crippen molar-refractivity contribution in [1.29, 1.82) is 0 Å². The highest BCUT2D eigenvalue weighted by Gasteiger charge is 2.15. The molecular formula is C11H20O3S2. The smallest absolute Gasteiger partial charge is 0.305 e. The molecule has 0 aromatic heterocycles. The molecule has 94 valence electrons. The molecule has 1 fully saturated rings. The van der Waals surface area contributed by atoms with Gasteiger partial charge in [-0.2, -0.15) is 0 Å². The molecule has 2 unspecified atom stereocenters. The van der Waals surface area contributed by atoms with Gasteiger partial charge in [-0.05, 0) is 26.2 Å². The maximum atomic E-state index is 11.2. The van der Waals surface area contributed by atoms with Crippen molar-refractivity contribution in [1.82, 2.24) is 0 Å². The van der Waals surface area contributed by atoms with Gasteiger partial charge in [0, 0.05) is 17.4 Å². The number of hydrogen-bond donors (Lipinski definition) is 1. The Balaban J connectivity index is 1.91. The van der Waals surface area contributed by atoms with Crippen LogP contribution in [0.25, 0.3) is 0 Å². The largest absolute Gasteiger partial charge is 0.463 e. The van der Waals surface area contributed by atoms with E-state index in [-0.39, 0.29) is 12.6 Å². The maximum Gasteiger partial charge on any atom is 0.305 e. The first-order valence-electron chi connectivity index (χ1n) is 5.80. The number of aliphatic hydroxyl groups is 1. The molecule has 5 heteroatoms. The van der Waals surface area contributed by atoms with Crippen LogP contribution in [0.2, 0.25) is 0 Å². The van der Waals surface area contributed by atoms with E-state index >= 15 is 0 Å². The van der Waals surface area contributed by atoms with Crippen LogP contribution in [0.1, 0.15) is 39.0 Å². The Kier molecular flexibility index (Phi) is 7.32. The zero-order valence-corrected chi connectivity index (χ0v) is 11.3. The van der Waals surface area contributed by atoms with Gasteiger partial charge >= 0.3 is 5.97 Å². The number of carbonyl (C=O) groups excluding carboxylic acids is 1. The molecular weight excluding hydrogens is 244 g/mol. The van der Waals surface area contributed by atoms with Crippen molar-refractivity contribution >= 4 is 27.6 Å². The summed E-state index contributed by atoms with van der Waals surface area (Å²) in [6.45, 7) is 1.73. The Hall–Kier alpha value is 0.130. The van der Waals surface area contributed by atoms with Crippen molar-refractivity contribution in [2.45, 2.75) is 50.4 Å². The van der Waals surface area contributed by atoms with Gasteiger partial charge in [-0.1, -0.05) is 28.0 Å². The van der Waals surface area contributed by atoms with Gasteiger partial charge in [0.2, 0.25) is 0 Å². The molecule has 0 aromatic rings. The summed E-state index contributed by atoms with van der Waals surface area (Å²) in [5.41, 5.74) is 0. The highest BCUT2D eigenvalue weighted by molar-refractivity contribution is 8.77. The lowest BCUT2D eigenvalue weighted by atomic mass is 10.1. The molecule has 0 radical (unpaired) electrons. The minimum absolute atomic E-state index is 0.119. The number of carbonyl (C=O) groups is 1. The third-order valence-electron chi connectivity index (χ3n) is 2.37. The van der Waals surface area contributed by atoms with E-state index in [9.17, 15) is 4.79 Å². The zero-order chi connectivity index (χ0) is 11.8. The van der Waals surface area contributed by atoms with E-state index in [0.29, 0.717) is 6.42 Å². The van der Waals surface area contributed by atoms with E-state index in [1.807, 2.05) is 21.6 Å². The molecule has 1 heterocycles. The van der Waals surface area contributed by atoms with Crippen molar-refractivity contribution in [3.8, 4) is 0 Å². The quantitative estimate of drug-likeness (QED) is 0.435. The van der Waals surface area contributed by atoms with Gasteiger partial charge in [0.25, 0.3) is 0 Å². The minimum atomic E-state index is -0.559. The Morgan fingerprint density at radius 3 is 3.00 bits per heavy atom. The molecule has 0 aliphatic carbocycles. The lowest BCUT2D eigenvalue weighted by Gasteiger charge is -2.08. The molecule has 16 heavy (non-hydrogen) atoms. The first-order valence-corrected chi connectivity index (χ1v) is 8.18. The molecule has 1 N–H and O–H groups in total. The summed E-state index contributed by atoms with van der Waals surface area (Å²) < 4.78 is 4.88. The fraction of sp³-hybridized carbons (Fsp3) is 0.909. The Labute approximate surface area is 105 Å². The van der Waals surface area contributed by atoms with E-state index in [0.717, 1.165) is 18.1 Å². The van der Waals surface area contributed by atoms with E-state index in [4.69, 9.17) is 9.84 Å². The molecule has 0 aromatic carbocycles. The highest BCUT2D eigenvalue weighted by Crippen LogP contribution is 2.39. The summed E-state index contributed by atoms with van der Waals surface area (Å²) in [4.78, 5) is 11.2. The molecule has 0 amide bonds. The van der Waals surface area contributed by atoms with Crippen molar-refractivity contribution < 1.29 is 14.6 Å². The summed E-state index contributed by atoms with van der Waals surface area (Å²) in [5, 5.41) is 9.72. The predicted octanol–water partition coefficient (Wildman–Crippen LogP) is 2.62. The van der Waals surface area contributed by atoms with Gasteiger partial charge in [0.15, 0.2) is 0 Å². The number of rotatable bonds is 7. The second kappa shape index (κ2) is 8.25. The molecule has 1 rings (SSSR count). The molecule has 1 aliphatic rings. The maximum absolute atomic E-state index is 11.2. The van der Waals surface area contributed by atoms with Gasteiger partial charge in [-0.15, -0.1) is 0 Å². The summed E-state index contributed by atoms with van der Waals surface area (Å²) in [6.07, 6.45) is 4.44. The number of unbranched alkanes of at least 4 members (excludes halogenated alkanes) is 1. The lowest BCUT2D eigenvalue weighted by molar-refractivity contribution is -0.146. The topological polar surface area (TPSA) is 46.5 Å². The molecule has 2 atom stereocenters. The van der Waals surface area contributed by atoms with E-state index in [1.165, 1.54) is 18.6 Å². The monoisotopic (exact) mass is 264 g/mol. The van der Waals surface area contributed by atoms with Crippen LogP contribution in [0, 0.1) is 0 Å². The summed E-state index contributed by atoms with van der Waals surface area (Å²) in [7, 11) is 3.94. The fourth-order valence-electron chi connectivity index (χ4n) is 1.49. The van der Waals surface area contributed by atoms with Crippen LogP contribution in [0.5, 0.6) is 0 Å². The third-order valence-corrected chi connectivity index (χ3v) is 5.38. The molecule has 0 bridgehead atoms. The van der Waals surface area contributed by atoms with Crippen molar-refractivity contribution in [3.63, 3.8) is 0 Å². The van der Waals surface area contributed by atoms with Crippen LogP contribution in [0.15, 0.2) is 0 Å². The van der Waals surface area contributed by atoms with Crippen LogP contribution in [0.3, 0.4) is 0 Å². The Morgan fingerprint density at radius 1 is 1.56 bits per heavy atom. The average Bonchev–Trinajstić information content (AvgIpc) is 2.74. The molecule has 0 saturated carbocycles. The summed E-state index contributed by atoms with van der Waals surface area (Å²) in [5.74, 6) is 1.08. The van der Waals surface area contributed by atoms with Crippen molar-refractivity contribution in [2.75, 3.05) is 12.4 Å². The van der Waals surface area contributed by atoms with Gasteiger partial charge in [0.1, 0.15) is 6.61 Å². The minimum Gasteiger partial charge on any atom is -0.463 e. The Morgan fingerprint density at radius 2 is 2.38 bits per heavy atom. The third kappa shape index (κ3) is 6.66. The number of hydrogen-bond acceptors (Lipinski definition) is 5. The normalized spacial score (nSPS) is 22.0. The lowest BCUT2D eigenvalue weighted by Crippen LogP contribution is -2.15. The van der Waals surface area contributed by atoms with Crippen molar-refractivity contribution in [2.24, 2.45) is 0 Å². The molecule has 1 saturated heterocycles. The standard InChI is InChI=1S/C11H20O3S2/c1-9(12)8-14-11(13)5-3-2-4-10-6-7-15-16-10/h9-10,12H,2-8H2,1H3. The van der Waals surface area contributed by atoms with E-state index < -0.39 is 6.10 Å². The second-order valence-corrected chi connectivity index (χ2v) is 6.89. The van der Waals surface area contributed by atoms with Crippen LogP contribution in [-0.2, 0) is 9.53 Å². The first kappa shape index (κ1) is 14.2. The Bertz CT molecular complexity index is 203. The van der Waals surface area contributed by atoms with Gasteiger partial charge in [-0.25, -0.2) is 0 Å². The fourth-order valence-corrected chi connectivity index (χ4v) is 4.52. The number of esters is 1. The van der Waals surface area contributed by atoms with Crippen molar-refractivity contribution in [3.05, 3.63) is 0 Å². The van der Waals surface area contributed by atoms with Crippen LogP contribution < -0.4 is 0 Å². The second-order valence-electron chi connectivity index (χ2n) is 4.11. The summed E-state index contributed by atoms with van der Waals surface area (Å²) >= 11 is 0. The molecule has 0 spiro atoms. The first-order chi connectivity index (χ1) is 7.68. The number of ether oxygens (including phenoxy) is 1. The van der Waals surface area contributed by atoms with E-state index in [2.05, 4.69) is 0 Å². The van der Waals surface area contributed by atoms with Crippen LogP contribution in [-0.4, -0.2) is 34.8 Å². The zero-order valence-electron chi connectivity index (χ0n) is 9.68. The van der Waals surface area contributed by atoms with E-state index in [1.54, 1.807) is 6.92 Å². The molecule has 1 aliphatic heterocycles. The SMILES string of the molecule is CC(O)COC(=O)CCCCC1CCSS1. The predicted molar refractivity (Wildman–Crippen MR) is 69.6 cm³/mol. The average molecular weight is 264 g/mol. The van der Waals surface area contributed by atoms with Crippen LogP contribution in [0.4, 0.5) is 0 Å². The summed E-state index contributed by atoms with van der Waals surface area (Å²) in [6, 6.07) is 0. The van der Waals surface area contributed by atoms with Gasteiger partial charge in [-0.3, -0.25) is 4.79 Å². The number of aliphatic hydroxyl groups excluding tert-OH is 1. The van der Waals surface area contributed by atoms with Gasteiger partial charge in [0.05, 0.1) is 6.10 Å². The van der Waals surface area contributed by atoms with Crippen LogP contribution >= 0.6 is 21.6 Å².